The van der Waals surface area contributed by atoms with Crippen LogP contribution < -0.4 is 14.8 Å². The molecule has 142 valence electrons. The van der Waals surface area contributed by atoms with E-state index in [-0.39, 0.29) is 24.1 Å². The number of benzene rings is 2. The highest BCUT2D eigenvalue weighted by Crippen LogP contribution is 2.28. The van der Waals surface area contributed by atoms with Gasteiger partial charge in [-0.25, -0.2) is 4.79 Å². The Labute approximate surface area is 158 Å². The lowest BCUT2D eigenvalue weighted by atomic mass is 10.1. The summed E-state index contributed by atoms with van der Waals surface area (Å²) < 4.78 is 15.7. The van der Waals surface area contributed by atoms with Crippen LogP contribution in [-0.2, 0) is 9.53 Å². The second kappa shape index (κ2) is 10.0. The van der Waals surface area contributed by atoms with Gasteiger partial charge in [-0.2, -0.15) is 0 Å². The molecule has 0 saturated heterocycles. The molecule has 1 unspecified atom stereocenters. The van der Waals surface area contributed by atoms with E-state index < -0.39 is 5.97 Å². The number of methoxy groups -OCH3 is 1. The molecule has 1 atom stereocenters. The highest BCUT2D eigenvalue weighted by atomic mass is 16.5. The number of hydrogen-bond acceptors (Lipinski definition) is 5. The van der Waals surface area contributed by atoms with Crippen LogP contribution in [0.4, 0.5) is 0 Å². The predicted octanol–water partition coefficient (Wildman–Crippen LogP) is 3.29. The number of amides is 1. The summed E-state index contributed by atoms with van der Waals surface area (Å²) in [6.45, 7) is 5.39. The molecular weight excluding hydrogens is 346 g/mol. The van der Waals surface area contributed by atoms with Gasteiger partial charge >= 0.3 is 5.97 Å². The zero-order chi connectivity index (χ0) is 19.6. The van der Waals surface area contributed by atoms with Gasteiger partial charge < -0.3 is 19.5 Å². The van der Waals surface area contributed by atoms with E-state index in [0.717, 1.165) is 5.56 Å². The maximum absolute atomic E-state index is 12.2. The van der Waals surface area contributed by atoms with E-state index >= 15 is 0 Å². The summed E-state index contributed by atoms with van der Waals surface area (Å²) >= 11 is 0. The molecule has 0 fully saturated rings. The van der Waals surface area contributed by atoms with Crippen LogP contribution in [0.2, 0.25) is 0 Å². The van der Waals surface area contributed by atoms with Crippen LogP contribution in [0.25, 0.3) is 0 Å². The Hall–Kier alpha value is -3.28. The van der Waals surface area contributed by atoms with Crippen molar-refractivity contribution >= 4 is 11.9 Å². The van der Waals surface area contributed by atoms with Crippen molar-refractivity contribution in [2.75, 3.05) is 20.3 Å². The molecule has 6 heteroatoms. The Bertz CT molecular complexity index is 788. The Kier molecular flexibility index (Phi) is 7.43. The number of esters is 1. The molecule has 1 amide bonds. The SMILES string of the molecule is C=CCOc1ccc(C(=O)OCC(=O)NC(C)c2ccccc2)cc1OC. The van der Waals surface area contributed by atoms with E-state index in [0.29, 0.717) is 18.1 Å². The van der Waals surface area contributed by atoms with Gasteiger partial charge in [-0.05, 0) is 30.7 Å². The molecule has 6 nitrogen and oxygen atoms in total. The average molecular weight is 369 g/mol. The first-order chi connectivity index (χ1) is 13.0. The van der Waals surface area contributed by atoms with Crippen LogP contribution in [0.3, 0.4) is 0 Å². The van der Waals surface area contributed by atoms with Crippen molar-refractivity contribution in [3.05, 3.63) is 72.3 Å². The number of carbonyl (C=O) groups is 2. The minimum atomic E-state index is -0.619. The first kappa shape index (κ1) is 20.0. The van der Waals surface area contributed by atoms with Crippen molar-refractivity contribution in [1.29, 1.82) is 0 Å². The molecule has 0 heterocycles. The van der Waals surface area contributed by atoms with Crippen molar-refractivity contribution in [3.8, 4) is 11.5 Å². The van der Waals surface area contributed by atoms with Gasteiger partial charge in [0.1, 0.15) is 6.61 Å². The molecule has 27 heavy (non-hydrogen) atoms. The molecule has 0 aliphatic rings. The fraction of sp³-hybridized carbons (Fsp3) is 0.238. The quantitative estimate of drug-likeness (QED) is 0.542. The molecule has 0 saturated carbocycles. The fourth-order valence-corrected chi connectivity index (χ4v) is 2.39. The minimum Gasteiger partial charge on any atom is -0.493 e. The molecular formula is C21H23NO5. The van der Waals surface area contributed by atoms with Crippen molar-refractivity contribution in [1.82, 2.24) is 5.32 Å². The lowest BCUT2D eigenvalue weighted by Gasteiger charge is -2.14. The molecule has 2 aromatic carbocycles. The third kappa shape index (κ3) is 5.88. The molecule has 0 aliphatic carbocycles. The molecule has 0 bridgehead atoms. The summed E-state index contributed by atoms with van der Waals surface area (Å²) in [5.41, 5.74) is 1.23. The zero-order valence-corrected chi connectivity index (χ0v) is 15.4. The Morgan fingerprint density at radius 2 is 1.89 bits per heavy atom. The summed E-state index contributed by atoms with van der Waals surface area (Å²) in [5, 5.41) is 2.79. The molecule has 2 aromatic rings. The standard InChI is InChI=1S/C21H23NO5/c1-4-12-26-18-11-10-17(13-19(18)25-3)21(24)27-14-20(23)22-15(2)16-8-6-5-7-9-16/h4-11,13,15H,1,12,14H2,2-3H3,(H,22,23). The van der Waals surface area contributed by atoms with Gasteiger partial charge in [-0.3, -0.25) is 4.79 Å². The molecule has 1 N–H and O–H groups in total. The van der Waals surface area contributed by atoms with Gasteiger partial charge in [0.15, 0.2) is 18.1 Å². The number of rotatable bonds is 9. The van der Waals surface area contributed by atoms with Crippen LogP contribution in [0.15, 0.2) is 61.2 Å². The average Bonchev–Trinajstić information content (AvgIpc) is 2.70. The highest BCUT2D eigenvalue weighted by Gasteiger charge is 2.15. The van der Waals surface area contributed by atoms with Crippen LogP contribution >= 0.6 is 0 Å². The van der Waals surface area contributed by atoms with E-state index in [4.69, 9.17) is 14.2 Å². The fourth-order valence-electron chi connectivity index (χ4n) is 2.39. The topological polar surface area (TPSA) is 73.9 Å². The summed E-state index contributed by atoms with van der Waals surface area (Å²) in [7, 11) is 1.48. The highest BCUT2D eigenvalue weighted by molar-refractivity contribution is 5.92. The molecule has 2 rings (SSSR count). The Balaban J connectivity index is 1.91. The normalized spacial score (nSPS) is 11.2. The number of carbonyl (C=O) groups excluding carboxylic acids is 2. The summed E-state index contributed by atoms with van der Waals surface area (Å²) in [6.07, 6.45) is 1.61. The summed E-state index contributed by atoms with van der Waals surface area (Å²) in [6, 6.07) is 14.0. The minimum absolute atomic E-state index is 0.182. The van der Waals surface area contributed by atoms with Crippen molar-refractivity contribution in [2.45, 2.75) is 13.0 Å². The monoisotopic (exact) mass is 369 g/mol. The molecule has 0 radical (unpaired) electrons. The van der Waals surface area contributed by atoms with Gasteiger partial charge in [0.2, 0.25) is 0 Å². The summed E-state index contributed by atoms with van der Waals surface area (Å²) in [5.74, 6) is -0.111. The van der Waals surface area contributed by atoms with Crippen LogP contribution in [0, 0.1) is 0 Å². The van der Waals surface area contributed by atoms with E-state index in [9.17, 15) is 9.59 Å². The maximum atomic E-state index is 12.2. The predicted molar refractivity (Wildman–Crippen MR) is 102 cm³/mol. The second-order valence-corrected chi connectivity index (χ2v) is 5.74. The smallest absolute Gasteiger partial charge is 0.338 e. The third-order valence-electron chi connectivity index (χ3n) is 3.77. The first-order valence-electron chi connectivity index (χ1n) is 8.48. The zero-order valence-electron chi connectivity index (χ0n) is 15.4. The van der Waals surface area contributed by atoms with E-state index in [1.54, 1.807) is 18.2 Å². The maximum Gasteiger partial charge on any atom is 0.338 e. The lowest BCUT2D eigenvalue weighted by Crippen LogP contribution is -2.31. The number of nitrogens with one attached hydrogen (secondary N) is 1. The Morgan fingerprint density at radius 3 is 2.56 bits per heavy atom. The van der Waals surface area contributed by atoms with Gasteiger partial charge in [0.05, 0.1) is 18.7 Å². The molecule has 0 aromatic heterocycles. The van der Waals surface area contributed by atoms with Crippen molar-refractivity contribution in [2.24, 2.45) is 0 Å². The Morgan fingerprint density at radius 1 is 1.15 bits per heavy atom. The van der Waals surface area contributed by atoms with Crippen molar-refractivity contribution < 1.29 is 23.8 Å². The largest absolute Gasteiger partial charge is 0.493 e. The van der Waals surface area contributed by atoms with Crippen LogP contribution in [0.1, 0.15) is 28.9 Å². The first-order valence-corrected chi connectivity index (χ1v) is 8.48. The van der Waals surface area contributed by atoms with Gasteiger partial charge in [0.25, 0.3) is 5.91 Å². The summed E-state index contributed by atoms with van der Waals surface area (Å²) in [4.78, 5) is 24.2. The van der Waals surface area contributed by atoms with Gasteiger partial charge in [0, 0.05) is 0 Å². The molecule has 0 aliphatic heterocycles. The van der Waals surface area contributed by atoms with Crippen LogP contribution in [0.5, 0.6) is 11.5 Å². The number of hydrogen-bond donors (Lipinski definition) is 1. The number of ether oxygens (including phenoxy) is 3. The van der Waals surface area contributed by atoms with E-state index in [1.807, 2.05) is 37.3 Å². The second-order valence-electron chi connectivity index (χ2n) is 5.74. The molecule has 0 spiro atoms. The van der Waals surface area contributed by atoms with Crippen LogP contribution in [-0.4, -0.2) is 32.2 Å². The van der Waals surface area contributed by atoms with Crippen molar-refractivity contribution in [3.63, 3.8) is 0 Å². The third-order valence-corrected chi connectivity index (χ3v) is 3.77. The van der Waals surface area contributed by atoms with E-state index in [1.165, 1.54) is 13.2 Å². The van der Waals surface area contributed by atoms with E-state index in [2.05, 4.69) is 11.9 Å². The van der Waals surface area contributed by atoms with Gasteiger partial charge in [-0.15, -0.1) is 0 Å². The lowest BCUT2D eigenvalue weighted by molar-refractivity contribution is -0.124. The van der Waals surface area contributed by atoms with Gasteiger partial charge in [-0.1, -0.05) is 43.0 Å².